The average molecular weight is 207 g/mol. The molecule has 0 aliphatic carbocycles. The van der Waals surface area contributed by atoms with Gasteiger partial charge in [0.15, 0.2) is 0 Å². The zero-order chi connectivity index (χ0) is 11.3. The summed E-state index contributed by atoms with van der Waals surface area (Å²) in [5, 5.41) is 9.97. The fraction of sp³-hybridized carbons (Fsp3) is 0.538. The summed E-state index contributed by atoms with van der Waals surface area (Å²) in [5.74, 6) is 0.572. The van der Waals surface area contributed by atoms with Crippen molar-refractivity contribution in [2.45, 2.75) is 39.2 Å². The van der Waals surface area contributed by atoms with Crippen LogP contribution in [0.2, 0.25) is 0 Å². The lowest BCUT2D eigenvalue weighted by atomic mass is 9.95. The quantitative estimate of drug-likeness (QED) is 0.729. The molecule has 2 atom stereocenters. The Bertz CT molecular complexity index is 281. The van der Waals surface area contributed by atoms with Gasteiger partial charge in [0.05, 0.1) is 6.10 Å². The second kappa shape index (κ2) is 5.76. The van der Waals surface area contributed by atoms with Crippen molar-refractivity contribution in [2.75, 3.05) is 5.73 Å². The molecular formula is C13H21NO. The molecule has 2 heteroatoms. The smallest absolute Gasteiger partial charge is 0.0792 e. The molecule has 0 amide bonds. The molecule has 1 aromatic rings. The Hall–Kier alpha value is -1.02. The van der Waals surface area contributed by atoms with Crippen molar-refractivity contribution < 1.29 is 5.11 Å². The Labute approximate surface area is 92.1 Å². The fourth-order valence-electron chi connectivity index (χ4n) is 1.85. The molecule has 1 aromatic carbocycles. The standard InChI is InChI=1S/C13H21NO/c1-3-4-10(2)9-13(15)11-5-7-12(14)8-6-11/h5-8,10,13,15H,3-4,9,14H2,1-2H3. The first-order valence-corrected chi connectivity index (χ1v) is 5.67. The van der Waals surface area contributed by atoms with E-state index in [4.69, 9.17) is 5.73 Å². The number of benzene rings is 1. The second-order valence-corrected chi connectivity index (χ2v) is 4.31. The highest BCUT2D eigenvalue weighted by atomic mass is 16.3. The van der Waals surface area contributed by atoms with Crippen LogP contribution in [-0.2, 0) is 0 Å². The first-order chi connectivity index (χ1) is 7.13. The van der Waals surface area contributed by atoms with Crippen LogP contribution in [-0.4, -0.2) is 5.11 Å². The monoisotopic (exact) mass is 207 g/mol. The van der Waals surface area contributed by atoms with Gasteiger partial charge in [-0.3, -0.25) is 0 Å². The Morgan fingerprint density at radius 2 is 1.87 bits per heavy atom. The zero-order valence-corrected chi connectivity index (χ0v) is 9.61. The molecule has 0 aromatic heterocycles. The molecule has 0 spiro atoms. The lowest BCUT2D eigenvalue weighted by Gasteiger charge is -2.16. The maximum absolute atomic E-state index is 9.97. The predicted molar refractivity (Wildman–Crippen MR) is 64.5 cm³/mol. The SMILES string of the molecule is CCCC(C)CC(O)c1ccc(N)cc1. The molecule has 0 fully saturated rings. The minimum absolute atomic E-state index is 0.354. The van der Waals surface area contributed by atoms with Gasteiger partial charge < -0.3 is 10.8 Å². The number of nitrogens with two attached hydrogens (primary N) is 1. The predicted octanol–water partition coefficient (Wildman–Crippen LogP) is 3.13. The van der Waals surface area contributed by atoms with Gasteiger partial charge in [0.25, 0.3) is 0 Å². The van der Waals surface area contributed by atoms with E-state index in [9.17, 15) is 5.11 Å². The van der Waals surface area contributed by atoms with E-state index < -0.39 is 0 Å². The number of nitrogen functional groups attached to an aromatic ring is 1. The van der Waals surface area contributed by atoms with Gasteiger partial charge >= 0.3 is 0 Å². The second-order valence-electron chi connectivity index (χ2n) is 4.31. The van der Waals surface area contributed by atoms with Gasteiger partial charge in [0.1, 0.15) is 0 Å². The van der Waals surface area contributed by atoms with Gasteiger partial charge in [-0.25, -0.2) is 0 Å². The van der Waals surface area contributed by atoms with E-state index >= 15 is 0 Å². The number of rotatable bonds is 5. The number of aliphatic hydroxyl groups excluding tert-OH is 1. The molecule has 84 valence electrons. The lowest BCUT2D eigenvalue weighted by molar-refractivity contribution is 0.145. The number of hydrogen-bond acceptors (Lipinski definition) is 2. The highest BCUT2D eigenvalue weighted by Crippen LogP contribution is 2.24. The Balaban J connectivity index is 2.53. The molecule has 0 saturated heterocycles. The van der Waals surface area contributed by atoms with Crippen LogP contribution in [0.1, 0.15) is 44.8 Å². The molecule has 0 radical (unpaired) electrons. The van der Waals surface area contributed by atoms with Crippen LogP contribution in [0.3, 0.4) is 0 Å². The first-order valence-electron chi connectivity index (χ1n) is 5.67. The third kappa shape index (κ3) is 3.92. The maximum atomic E-state index is 9.97. The molecule has 2 unspecified atom stereocenters. The summed E-state index contributed by atoms with van der Waals surface area (Å²) >= 11 is 0. The van der Waals surface area contributed by atoms with Crippen LogP contribution in [0, 0.1) is 5.92 Å². The highest BCUT2D eigenvalue weighted by Gasteiger charge is 2.11. The van der Waals surface area contributed by atoms with Gasteiger partial charge in [-0.1, -0.05) is 38.8 Å². The Morgan fingerprint density at radius 3 is 2.40 bits per heavy atom. The number of aliphatic hydroxyl groups is 1. The summed E-state index contributed by atoms with van der Waals surface area (Å²) < 4.78 is 0. The number of hydrogen-bond donors (Lipinski definition) is 2. The normalized spacial score (nSPS) is 14.9. The minimum atomic E-state index is -0.354. The summed E-state index contributed by atoms with van der Waals surface area (Å²) in [7, 11) is 0. The van der Waals surface area contributed by atoms with Gasteiger partial charge in [0, 0.05) is 5.69 Å². The minimum Gasteiger partial charge on any atom is -0.399 e. The van der Waals surface area contributed by atoms with Crippen molar-refractivity contribution in [3.8, 4) is 0 Å². The zero-order valence-electron chi connectivity index (χ0n) is 9.61. The fourth-order valence-corrected chi connectivity index (χ4v) is 1.85. The van der Waals surface area contributed by atoms with E-state index in [0.29, 0.717) is 5.92 Å². The van der Waals surface area contributed by atoms with Crippen LogP contribution < -0.4 is 5.73 Å². The van der Waals surface area contributed by atoms with E-state index in [1.54, 1.807) is 0 Å². The van der Waals surface area contributed by atoms with Crippen molar-refractivity contribution in [3.05, 3.63) is 29.8 Å². The topological polar surface area (TPSA) is 46.2 Å². The number of anilines is 1. The van der Waals surface area contributed by atoms with Crippen molar-refractivity contribution in [1.29, 1.82) is 0 Å². The Kier molecular flexibility index (Phi) is 4.63. The largest absolute Gasteiger partial charge is 0.399 e. The van der Waals surface area contributed by atoms with Crippen molar-refractivity contribution in [2.24, 2.45) is 5.92 Å². The molecule has 2 nitrogen and oxygen atoms in total. The first kappa shape index (κ1) is 12.1. The van der Waals surface area contributed by atoms with Gasteiger partial charge in [-0.2, -0.15) is 0 Å². The van der Waals surface area contributed by atoms with Crippen molar-refractivity contribution >= 4 is 5.69 Å². The van der Waals surface area contributed by atoms with E-state index in [-0.39, 0.29) is 6.10 Å². The summed E-state index contributed by atoms with van der Waals surface area (Å²) in [6, 6.07) is 7.48. The molecule has 0 saturated carbocycles. The molecule has 0 aliphatic rings. The van der Waals surface area contributed by atoms with Crippen LogP contribution in [0.15, 0.2) is 24.3 Å². The third-order valence-electron chi connectivity index (χ3n) is 2.73. The van der Waals surface area contributed by atoms with E-state index in [0.717, 1.165) is 17.7 Å². The molecule has 0 bridgehead atoms. The highest BCUT2D eigenvalue weighted by molar-refractivity contribution is 5.39. The molecule has 0 heterocycles. The van der Waals surface area contributed by atoms with E-state index in [1.807, 2.05) is 24.3 Å². The summed E-state index contributed by atoms with van der Waals surface area (Å²) in [4.78, 5) is 0. The third-order valence-corrected chi connectivity index (χ3v) is 2.73. The molecule has 1 rings (SSSR count). The van der Waals surface area contributed by atoms with Crippen LogP contribution in [0.4, 0.5) is 5.69 Å². The summed E-state index contributed by atoms with van der Waals surface area (Å²) in [6.45, 7) is 4.36. The average Bonchev–Trinajstić information content (AvgIpc) is 2.18. The van der Waals surface area contributed by atoms with Gasteiger partial charge in [0.2, 0.25) is 0 Å². The van der Waals surface area contributed by atoms with Crippen molar-refractivity contribution in [3.63, 3.8) is 0 Å². The molecule has 0 aliphatic heterocycles. The van der Waals surface area contributed by atoms with Gasteiger partial charge in [-0.05, 0) is 30.0 Å². The molecular weight excluding hydrogens is 186 g/mol. The van der Waals surface area contributed by atoms with Crippen LogP contribution >= 0.6 is 0 Å². The maximum Gasteiger partial charge on any atom is 0.0792 e. The van der Waals surface area contributed by atoms with Crippen molar-refractivity contribution in [1.82, 2.24) is 0 Å². The van der Waals surface area contributed by atoms with Crippen LogP contribution in [0.5, 0.6) is 0 Å². The summed E-state index contributed by atoms with van der Waals surface area (Å²) in [5.41, 5.74) is 7.30. The van der Waals surface area contributed by atoms with Crippen LogP contribution in [0.25, 0.3) is 0 Å². The molecule has 3 N–H and O–H groups in total. The van der Waals surface area contributed by atoms with Gasteiger partial charge in [-0.15, -0.1) is 0 Å². The van der Waals surface area contributed by atoms with E-state index in [2.05, 4.69) is 13.8 Å². The molecule has 15 heavy (non-hydrogen) atoms. The Morgan fingerprint density at radius 1 is 1.27 bits per heavy atom. The summed E-state index contributed by atoms with van der Waals surface area (Å²) in [6.07, 6.45) is 2.83. The lowest BCUT2D eigenvalue weighted by Crippen LogP contribution is -2.04. The van der Waals surface area contributed by atoms with E-state index in [1.165, 1.54) is 12.8 Å².